The number of allylic oxidation sites excluding steroid dienone is 1. The minimum absolute atomic E-state index is 0.216. The van der Waals surface area contributed by atoms with Gasteiger partial charge < -0.3 is 0 Å². The highest BCUT2D eigenvalue weighted by Crippen LogP contribution is 2.51. The van der Waals surface area contributed by atoms with Crippen molar-refractivity contribution in [3.8, 4) is 0 Å². The Balaban J connectivity index is 1.41. The van der Waals surface area contributed by atoms with Crippen molar-refractivity contribution in [2.45, 2.75) is 96.6 Å². The fourth-order valence-corrected chi connectivity index (χ4v) is 7.04. The van der Waals surface area contributed by atoms with Gasteiger partial charge in [-0.2, -0.15) is 0 Å². The SMILES string of the molecule is C=CCCC1(C2CCC(CCC3CCC(CC)CC3)CC2)C=c2ccccc2=C(F)C1F. The van der Waals surface area contributed by atoms with Gasteiger partial charge in [-0.05, 0) is 54.6 Å². The zero-order chi connectivity index (χ0) is 22.6. The first-order chi connectivity index (χ1) is 15.6. The molecule has 32 heavy (non-hydrogen) atoms. The lowest BCUT2D eigenvalue weighted by atomic mass is 9.60. The zero-order valence-corrected chi connectivity index (χ0v) is 20.0. The molecule has 176 valence electrons. The average molecular weight is 441 g/mol. The first kappa shape index (κ1) is 23.7. The van der Waals surface area contributed by atoms with Crippen LogP contribution in [-0.2, 0) is 0 Å². The van der Waals surface area contributed by atoms with Crippen molar-refractivity contribution in [3.63, 3.8) is 0 Å². The van der Waals surface area contributed by atoms with E-state index in [1.165, 1.54) is 57.8 Å². The molecule has 2 unspecified atom stereocenters. The molecule has 0 radical (unpaired) electrons. The van der Waals surface area contributed by atoms with E-state index in [0.717, 1.165) is 42.2 Å². The molecule has 4 rings (SSSR count). The topological polar surface area (TPSA) is 0 Å². The second-order valence-electron chi connectivity index (χ2n) is 11.0. The number of benzene rings is 1. The monoisotopic (exact) mass is 440 g/mol. The van der Waals surface area contributed by atoms with E-state index in [2.05, 4.69) is 19.6 Å². The van der Waals surface area contributed by atoms with Crippen LogP contribution in [0.15, 0.2) is 36.9 Å². The third-order valence-electron chi connectivity index (χ3n) is 9.25. The second kappa shape index (κ2) is 10.7. The molecule has 0 heterocycles. The minimum Gasteiger partial charge on any atom is -0.239 e. The number of fused-ring (bicyclic) bond motifs is 1. The molecule has 0 aliphatic heterocycles. The highest BCUT2D eigenvalue weighted by atomic mass is 19.2. The van der Waals surface area contributed by atoms with Gasteiger partial charge in [-0.3, -0.25) is 0 Å². The van der Waals surface area contributed by atoms with Gasteiger partial charge in [-0.25, -0.2) is 8.78 Å². The summed E-state index contributed by atoms with van der Waals surface area (Å²) in [6, 6.07) is 7.40. The van der Waals surface area contributed by atoms with Crippen LogP contribution >= 0.6 is 0 Å². The van der Waals surface area contributed by atoms with E-state index < -0.39 is 17.4 Å². The molecule has 0 amide bonds. The third-order valence-corrected chi connectivity index (χ3v) is 9.25. The van der Waals surface area contributed by atoms with Crippen LogP contribution in [0, 0.1) is 29.1 Å². The smallest absolute Gasteiger partial charge is 0.161 e. The van der Waals surface area contributed by atoms with E-state index in [1.807, 2.05) is 18.2 Å². The van der Waals surface area contributed by atoms with Gasteiger partial charge in [0.2, 0.25) is 0 Å². The Labute approximate surface area is 193 Å². The Morgan fingerprint density at radius 2 is 1.53 bits per heavy atom. The van der Waals surface area contributed by atoms with Crippen molar-refractivity contribution in [2.75, 3.05) is 0 Å². The van der Waals surface area contributed by atoms with Crippen LogP contribution in [0.2, 0.25) is 0 Å². The summed E-state index contributed by atoms with van der Waals surface area (Å²) < 4.78 is 31.0. The van der Waals surface area contributed by atoms with Crippen molar-refractivity contribution in [1.82, 2.24) is 0 Å². The van der Waals surface area contributed by atoms with Gasteiger partial charge in [-0.1, -0.05) is 101 Å². The van der Waals surface area contributed by atoms with Crippen LogP contribution < -0.4 is 10.4 Å². The predicted molar refractivity (Wildman–Crippen MR) is 132 cm³/mol. The molecule has 2 saturated carbocycles. The first-order valence-corrected chi connectivity index (χ1v) is 13.3. The Bertz CT molecular complexity index is 870. The molecule has 0 saturated heterocycles. The summed E-state index contributed by atoms with van der Waals surface area (Å²) in [5.74, 6) is 2.33. The molecular weight excluding hydrogens is 398 g/mol. The quantitative estimate of drug-likeness (QED) is 0.364. The van der Waals surface area contributed by atoms with Crippen LogP contribution in [0.25, 0.3) is 11.9 Å². The van der Waals surface area contributed by atoms with Gasteiger partial charge in [0.1, 0.15) is 5.83 Å². The number of alkyl halides is 1. The van der Waals surface area contributed by atoms with Gasteiger partial charge in [0, 0.05) is 10.6 Å². The van der Waals surface area contributed by atoms with Gasteiger partial charge in [0.05, 0.1) is 0 Å². The third kappa shape index (κ3) is 4.90. The number of hydrogen-bond donors (Lipinski definition) is 0. The lowest BCUT2D eigenvalue weighted by Crippen LogP contribution is -2.48. The first-order valence-electron chi connectivity index (χ1n) is 13.3. The van der Waals surface area contributed by atoms with E-state index in [1.54, 1.807) is 12.1 Å². The molecule has 0 spiro atoms. The van der Waals surface area contributed by atoms with Crippen molar-refractivity contribution in [3.05, 3.63) is 47.4 Å². The minimum atomic E-state index is -1.53. The van der Waals surface area contributed by atoms with E-state index in [-0.39, 0.29) is 5.92 Å². The molecule has 1 aromatic carbocycles. The molecule has 1 aromatic rings. The normalized spacial score (nSPS) is 35.1. The second-order valence-corrected chi connectivity index (χ2v) is 11.0. The number of rotatable bonds is 8. The van der Waals surface area contributed by atoms with Crippen molar-refractivity contribution >= 4 is 11.9 Å². The van der Waals surface area contributed by atoms with Crippen LogP contribution in [-0.4, -0.2) is 6.17 Å². The van der Waals surface area contributed by atoms with E-state index in [9.17, 15) is 0 Å². The maximum absolute atomic E-state index is 15.8. The number of halogens is 2. The summed E-state index contributed by atoms with van der Waals surface area (Å²) in [6.07, 6.45) is 18.0. The molecule has 0 nitrogen and oxygen atoms in total. The Hall–Kier alpha value is -1.44. The maximum atomic E-state index is 15.8. The molecule has 3 aliphatic carbocycles. The van der Waals surface area contributed by atoms with Crippen LogP contribution in [0.1, 0.15) is 90.4 Å². The molecule has 2 heteroatoms. The van der Waals surface area contributed by atoms with Crippen LogP contribution in [0.4, 0.5) is 8.78 Å². The van der Waals surface area contributed by atoms with Gasteiger partial charge in [0.25, 0.3) is 0 Å². The van der Waals surface area contributed by atoms with Crippen molar-refractivity contribution < 1.29 is 8.78 Å². The Morgan fingerprint density at radius 3 is 2.16 bits per heavy atom. The highest BCUT2D eigenvalue weighted by Gasteiger charge is 2.48. The van der Waals surface area contributed by atoms with Crippen molar-refractivity contribution in [1.29, 1.82) is 0 Å². The summed E-state index contributed by atoms with van der Waals surface area (Å²) in [4.78, 5) is 0. The van der Waals surface area contributed by atoms with Crippen molar-refractivity contribution in [2.24, 2.45) is 29.1 Å². The van der Waals surface area contributed by atoms with Gasteiger partial charge in [-0.15, -0.1) is 6.58 Å². The molecular formula is C30H42F2. The molecule has 0 aromatic heterocycles. The Kier molecular flexibility index (Phi) is 7.90. The van der Waals surface area contributed by atoms with E-state index in [0.29, 0.717) is 11.6 Å². The fourth-order valence-electron chi connectivity index (χ4n) is 7.04. The summed E-state index contributed by atoms with van der Waals surface area (Å²) in [5.41, 5.74) is -0.726. The van der Waals surface area contributed by atoms with Gasteiger partial charge in [0.15, 0.2) is 6.17 Å². The summed E-state index contributed by atoms with van der Waals surface area (Å²) in [6.45, 7) is 6.20. The predicted octanol–water partition coefficient (Wildman–Crippen LogP) is 7.65. The molecule has 0 N–H and O–H groups in total. The standard InChI is InChI=1S/C30H42F2/c1-3-5-20-30(21-25-8-6-7-9-27(25)28(31)29(30)32)26-18-16-24(17-19-26)15-14-23-12-10-22(4-2)11-13-23/h3,6-9,21-24,26,29H,1,4-5,10-20H2,2H3. The van der Waals surface area contributed by atoms with Crippen LogP contribution in [0.3, 0.4) is 0 Å². The lowest BCUT2D eigenvalue weighted by molar-refractivity contribution is 0.0755. The van der Waals surface area contributed by atoms with E-state index >= 15 is 8.78 Å². The molecule has 2 fully saturated rings. The summed E-state index contributed by atoms with van der Waals surface area (Å²) in [5, 5.41) is 1.31. The van der Waals surface area contributed by atoms with Gasteiger partial charge >= 0.3 is 0 Å². The lowest BCUT2D eigenvalue weighted by Gasteiger charge is -2.45. The maximum Gasteiger partial charge on any atom is 0.161 e. The fraction of sp³-hybridized carbons (Fsp3) is 0.667. The highest BCUT2D eigenvalue weighted by molar-refractivity contribution is 5.55. The largest absolute Gasteiger partial charge is 0.239 e. The molecule has 2 atom stereocenters. The molecule has 3 aliphatic rings. The number of hydrogen-bond acceptors (Lipinski definition) is 0. The Morgan fingerprint density at radius 1 is 0.938 bits per heavy atom. The summed E-state index contributed by atoms with van der Waals surface area (Å²) >= 11 is 0. The zero-order valence-electron chi connectivity index (χ0n) is 20.0. The average Bonchev–Trinajstić information content (AvgIpc) is 2.85. The van der Waals surface area contributed by atoms with Crippen LogP contribution in [0.5, 0.6) is 0 Å². The summed E-state index contributed by atoms with van der Waals surface area (Å²) in [7, 11) is 0. The van der Waals surface area contributed by atoms with E-state index in [4.69, 9.17) is 0 Å². The molecule has 0 bridgehead atoms.